The predicted molar refractivity (Wildman–Crippen MR) is 83.2 cm³/mol. The molecular weight excluding hydrogens is 334 g/mol. The fourth-order valence-electron chi connectivity index (χ4n) is 2.98. The Bertz CT molecular complexity index is 577. The molecule has 0 aromatic carbocycles. The van der Waals surface area contributed by atoms with Gasteiger partial charge in [-0.05, 0) is 47.7 Å². The van der Waals surface area contributed by atoms with Crippen molar-refractivity contribution in [3.63, 3.8) is 0 Å². The van der Waals surface area contributed by atoms with Crippen LogP contribution in [0.25, 0.3) is 0 Å². The van der Waals surface area contributed by atoms with Crippen molar-refractivity contribution in [3.8, 4) is 0 Å². The molecule has 1 unspecified atom stereocenters. The number of carbonyl (C=O) groups is 2. The van der Waals surface area contributed by atoms with E-state index in [1.54, 1.807) is 23.9 Å². The van der Waals surface area contributed by atoms with Gasteiger partial charge in [-0.3, -0.25) is 9.59 Å². The first-order valence-electron chi connectivity index (χ1n) is 7.38. The summed E-state index contributed by atoms with van der Waals surface area (Å²) in [5, 5.41) is 0. The van der Waals surface area contributed by atoms with E-state index in [-0.39, 0.29) is 17.9 Å². The molecule has 1 aliphatic heterocycles. The van der Waals surface area contributed by atoms with Crippen molar-refractivity contribution in [3.05, 3.63) is 22.4 Å². The zero-order chi connectivity index (χ0) is 15.1. The third-order valence-corrected chi connectivity index (χ3v) is 4.65. The van der Waals surface area contributed by atoms with Gasteiger partial charge in [-0.2, -0.15) is 0 Å². The standard InChI is InChI=1S/C15H20BrN3O2/c1-17(2)14(20)12-4-3-7-18(12)15(21)13-8-10(16)9-19(13)11-5-6-11/h8-9,11-12H,3-7H2,1-2H3. The van der Waals surface area contributed by atoms with E-state index in [9.17, 15) is 9.59 Å². The Hall–Kier alpha value is -1.30. The minimum absolute atomic E-state index is 0.0180. The minimum Gasteiger partial charge on any atom is -0.347 e. The number of aromatic nitrogens is 1. The van der Waals surface area contributed by atoms with Crippen molar-refractivity contribution in [2.75, 3.05) is 20.6 Å². The molecule has 114 valence electrons. The molecule has 21 heavy (non-hydrogen) atoms. The molecule has 2 fully saturated rings. The summed E-state index contributed by atoms with van der Waals surface area (Å²) >= 11 is 3.46. The first kappa shape index (κ1) is 14.6. The van der Waals surface area contributed by atoms with Gasteiger partial charge in [0.15, 0.2) is 0 Å². The Kier molecular flexibility index (Phi) is 3.82. The summed E-state index contributed by atoms with van der Waals surface area (Å²) in [6.07, 6.45) is 5.88. The molecule has 0 bridgehead atoms. The van der Waals surface area contributed by atoms with Crippen molar-refractivity contribution in [1.82, 2.24) is 14.4 Å². The van der Waals surface area contributed by atoms with E-state index in [4.69, 9.17) is 0 Å². The zero-order valence-corrected chi connectivity index (χ0v) is 14.0. The SMILES string of the molecule is CN(C)C(=O)C1CCCN1C(=O)c1cc(Br)cn1C1CC1. The maximum Gasteiger partial charge on any atom is 0.271 e. The maximum absolute atomic E-state index is 12.9. The number of amides is 2. The second-order valence-electron chi connectivity index (χ2n) is 6.07. The van der Waals surface area contributed by atoms with E-state index in [1.807, 2.05) is 12.3 Å². The molecule has 2 amide bonds. The van der Waals surface area contributed by atoms with E-state index in [1.165, 1.54) is 0 Å². The smallest absolute Gasteiger partial charge is 0.271 e. The van der Waals surface area contributed by atoms with Crippen LogP contribution < -0.4 is 0 Å². The summed E-state index contributed by atoms with van der Waals surface area (Å²) in [5.74, 6) is -0.00487. The van der Waals surface area contributed by atoms with Crippen molar-refractivity contribution < 1.29 is 9.59 Å². The topological polar surface area (TPSA) is 45.6 Å². The van der Waals surface area contributed by atoms with Gasteiger partial charge >= 0.3 is 0 Å². The molecule has 2 aliphatic rings. The normalized spacial score (nSPS) is 21.7. The summed E-state index contributed by atoms with van der Waals surface area (Å²) in [6, 6.07) is 2.01. The molecule has 1 saturated carbocycles. The van der Waals surface area contributed by atoms with Crippen LogP contribution in [0.15, 0.2) is 16.7 Å². The Morgan fingerprint density at radius 1 is 1.29 bits per heavy atom. The van der Waals surface area contributed by atoms with E-state index in [0.717, 1.165) is 30.2 Å². The lowest BCUT2D eigenvalue weighted by Crippen LogP contribution is -2.45. The highest BCUT2D eigenvalue weighted by Crippen LogP contribution is 2.38. The van der Waals surface area contributed by atoms with Gasteiger partial charge in [0.25, 0.3) is 5.91 Å². The third-order valence-electron chi connectivity index (χ3n) is 4.21. The summed E-state index contributed by atoms with van der Waals surface area (Å²) < 4.78 is 2.98. The molecule has 1 aliphatic carbocycles. The second kappa shape index (κ2) is 5.48. The number of likely N-dealkylation sites (N-methyl/N-ethyl adjacent to an activating group) is 1. The molecule has 1 atom stereocenters. The van der Waals surface area contributed by atoms with Gasteiger partial charge in [0.05, 0.1) is 0 Å². The molecule has 1 aromatic heterocycles. The van der Waals surface area contributed by atoms with Crippen molar-refractivity contribution in [1.29, 1.82) is 0 Å². The van der Waals surface area contributed by atoms with Crippen LogP contribution in [0.3, 0.4) is 0 Å². The lowest BCUT2D eigenvalue weighted by atomic mass is 10.2. The van der Waals surface area contributed by atoms with E-state index < -0.39 is 0 Å². The van der Waals surface area contributed by atoms with Gasteiger partial charge in [0, 0.05) is 37.4 Å². The van der Waals surface area contributed by atoms with Gasteiger partial charge < -0.3 is 14.4 Å². The Balaban J connectivity index is 1.86. The number of halogens is 1. The fraction of sp³-hybridized carbons (Fsp3) is 0.600. The van der Waals surface area contributed by atoms with Gasteiger partial charge in [0.1, 0.15) is 11.7 Å². The van der Waals surface area contributed by atoms with Crippen molar-refractivity contribution in [2.45, 2.75) is 37.8 Å². The van der Waals surface area contributed by atoms with Crippen LogP contribution in [0, 0.1) is 0 Å². The van der Waals surface area contributed by atoms with Gasteiger partial charge in [-0.1, -0.05) is 0 Å². The molecule has 0 N–H and O–H groups in total. The maximum atomic E-state index is 12.9. The van der Waals surface area contributed by atoms with Crippen molar-refractivity contribution in [2.24, 2.45) is 0 Å². The number of hydrogen-bond acceptors (Lipinski definition) is 2. The quantitative estimate of drug-likeness (QED) is 0.836. The van der Waals surface area contributed by atoms with Crippen LogP contribution in [0.5, 0.6) is 0 Å². The van der Waals surface area contributed by atoms with Crippen molar-refractivity contribution >= 4 is 27.7 Å². The number of rotatable bonds is 3. The van der Waals surface area contributed by atoms with E-state index >= 15 is 0 Å². The average Bonchev–Trinajstić information content (AvgIpc) is 3.04. The summed E-state index contributed by atoms with van der Waals surface area (Å²) in [6.45, 7) is 0.663. The number of carbonyl (C=O) groups excluding carboxylic acids is 2. The summed E-state index contributed by atoms with van der Waals surface area (Å²) in [7, 11) is 3.49. The molecule has 3 rings (SSSR count). The van der Waals surface area contributed by atoms with Crippen LogP contribution in [0.2, 0.25) is 0 Å². The molecule has 1 aromatic rings. The van der Waals surface area contributed by atoms with E-state index in [0.29, 0.717) is 18.3 Å². The lowest BCUT2D eigenvalue weighted by molar-refractivity contribution is -0.132. The van der Waals surface area contributed by atoms with Crippen LogP contribution in [-0.2, 0) is 4.79 Å². The number of nitrogens with zero attached hydrogens (tertiary/aromatic N) is 3. The molecule has 5 nitrogen and oxygen atoms in total. The molecular formula is C15H20BrN3O2. The largest absolute Gasteiger partial charge is 0.347 e. The Labute approximate surface area is 133 Å². The highest BCUT2D eigenvalue weighted by molar-refractivity contribution is 9.10. The highest BCUT2D eigenvalue weighted by Gasteiger charge is 2.37. The number of hydrogen-bond donors (Lipinski definition) is 0. The first-order valence-corrected chi connectivity index (χ1v) is 8.18. The summed E-state index contributed by atoms with van der Waals surface area (Å²) in [5.41, 5.74) is 0.697. The molecule has 0 radical (unpaired) electrons. The molecule has 6 heteroatoms. The zero-order valence-electron chi connectivity index (χ0n) is 12.4. The molecule has 0 spiro atoms. The number of likely N-dealkylation sites (tertiary alicyclic amines) is 1. The van der Waals surface area contributed by atoms with Crippen LogP contribution in [0.4, 0.5) is 0 Å². The first-order chi connectivity index (χ1) is 9.99. The van der Waals surface area contributed by atoms with Gasteiger partial charge in [0.2, 0.25) is 5.91 Å². The molecule has 2 heterocycles. The van der Waals surface area contributed by atoms with E-state index in [2.05, 4.69) is 20.5 Å². The summed E-state index contributed by atoms with van der Waals surface area (Å²) in [4.78, 5) is 28.4. The third kappa shape index (κ3) is 2.73. The second-order valence-corrected chi connectivity index (χ2v) is 6.99. The van der Waals surface area contributed by atoms with Crippen LogP contribution in [-0.4, -0.2) is 52.9 Å². The van der Waals surface area contributed by atoms with Crippen LogP contribution in [0.1, 0.15) is 42.2 Å². The Morgan fingerprint density at radius 2 is 2.00 bits per heavy atom. The predicted octanol–water partition coefficient (Wildman–Crippen LogP) is 2.28. The van der Waals surface area contributed by atoms with Crippen LogP contribution >= 0.6 is 15.9 Å². The lowest BCUT2D eigenvalue weighted by Gasteiger charge is -2.26. The monoisotopic (exact) mass is 353 g/mol. The van der Waals surface area contributed by atoms with Gasteiger partial charge in [-0.15, -0.1) is 0 Å². The Morgan fingerprint density at radius 3 is 2.62 bits per heavy atom. The minimum atomic E-state index is -0.311. The fourth-order valence-corrected chi connectivity index (χ4v) is 3.42. The highest BCUT2D eigenvalue weighted by atomic mass is 79.9. The molecule has 1 saturated heterocycles. The van der Waals surface area contributed by atoms with Gasteiger partial charge in [-0.25, -0.2) is 0 Å². The average molecular weight is 354 g/mol.